The molecule has 0 amide bonds. The number of hydrogen-bond acceptors (Lipinski definition) is 3. The molecule has 0 aliphatic rings. The Labute approximate surface area is 358 Å². The zero-order valence-corrected chi connectivity index (χ0v) is 33.6. The van der Waals surface area contributed by atoms with Crippen molar-refractivity contribution in [2.75, 3.05) is 0 Å². The molecule has 0 unspecified atom stereocenters. The lowest BCUT2D eigenvalue weighted by molar-refractivity contribution is 0.653. The summed E-state index contributed by atoms with van der Waals surface area (Å²) in [5.74, 6) is 0.622. The number of furan rings is 1. The van der Waals surface area contributed by atoms with Crippen LogP contribution >= 0.6 is 0 Å². The topological polar surface area (TPSA) is 43.9 Å². The van der Waals surface area contributed by atoms with Crippen molar-refractivity contribution in [2.45, 2.75) is 0 Å². The van der Waals surface area contributed by atoms with Gasteiger partial charge in [-0.3, -0.25) is 0 Å². The van der Waals surface area contributed by atoms with Gasteiger partial charge in [0, 0.05) is 33.0 Å². The lowest BCUT2D eigenvalue weighted by atomic mass is 9.94. The third-order valence-electron chi connectivity index (χ3n) is 12.0. The Hall–Kier alpha value is -8.34. The summed E-state index contributed by atoms with van der Waals surface area (Å²) in [5.41, 5.74) is 16.9. The molecule has 4 nitrogen and oxygen atoms in total. The molecule has 0 saturated carbocycles. The predicted molar refractivity (Wildman–Crippen MR) is 256 cm³/mol. The van der Waals surface area contributed by atoms with Gasteiger partial charge in [0.15, 0.2) is 5.82 Å². The molecule has 0 bridgehead atoms. The molecule has 62 heavy (non-hydrogen) atoms. The molecule has 0 saturated heterocycles. The van der Waals surface area contributed by atoms with Gasteiger partial charge < -0.3 is 8.98 Å². The van der Waals surface area contributed by atoms with Crippen LogP contribution in [0.3, 0.4) is 0 Å². The number of para-hydroxylation sites is 1. The second kappa shape index (κ2) is 14.7. The van der Waals surface area contributed by atoms with E-state index in [1.807, 2.05) is 36.4 Å². The normalized spacial score (nSPS) is 11.5. The average Bonchev–Trinajstić information content (AvgIpc) is 3.90. The molecule has 12 aromatic rings. The molecule has 0 radical (unpaired) electrons. The second-order valence-electron chi connectivity index (χ2n) is 15.8. The quantitative estimate of drug-likeness (QED) is 0.161. The summed E-state index contributed by atoms with van der Waals surface area (Å²) in [5, 5.41) is 4.36. The molecule has 0 fully saturated rings. The van der Waals surface area contributed by atoms with E-state index in [0.29, 0.717) is 11.5 Å². The zero-order chi connectivity index (χ0) is 41.0. The minimum atomic E-state index is 0.580. The van der Waals surface area contributed by atoms with Crippen LogP contribution in [0.25, 0.3) is 117 Å². The highest BCUT2D eigenvalue weighted by Crippen LogP contribution is 2.42. The van der Waals surface area contributed by atoms with Crippen molar-refractivity contribution in [1.82, 2.24) is 14.5 Å². The van der Waals surface area contributed by atoms with Gasteiger partial charge in [-0.1, -0.05) is 176 Å². The highest BCUT2D eigenvalue weighted by Gasteiger charge is 2.20. The fourth-order valence-electron chi connectivity index (χ4n) is 9.12. The van der Waals surface area contributed by atoms with Crippen molar-refractivity contribution < 1.29 is 4.42 Å². The van der Waals surface area contributed by atoms with Crippen molar-refractivity contribution in [3.05, 3.63) is 224 Å². The van der Waals surface area contributed by atoms with Crippen LogP contribution in [0, 0.1) is 0 Å². The van der Waals surface area contributed by atoms with Crippen LogP contribution in [0.1, 0.15) is 0 Å². The van der Waals surface area contributed by atoms with Gasteiger partial charge in [-0.05, 0) is 93.0 Å². The van der Waals surface area contributed by atoms with Gasteiger partial charge in [-0.25, -0.2) is 4.98 Å². The van der Waals surface area contributed by atoms with Crippen molar-refractivity contribution in [3.63, 3.8) is 0 Å². The van der Waals surface area contributed by atoms with Gasteiger partial charge >= 0.3 is 0 Å². The highest BCUT2D eigenvalue weighted by atomic mass is 16.3. The number of nitrogens with zero attached hydrogens (tertiary/aromatic N) is 3. The van der Waals surface area contributed by atoms with Crippen molar-refractivity contribution in [3.8, 4) is 72.8 Å². The number of aromatic nitrogens is 3. The molecule has 12 rings (SSSR count). The van der Waals surface area contributed by atoms with E-state index in [0.717, 1.165) is 66.6 Å². The van der Waals surface area contributed by atoms with Crippen LogP contribution in [0.5, 0.6) is 0 Å². The Morgan fingerprint density at radius 2 is 0.903 bits per heavy atom. The second-order valence-corrected chi connectivity index (χ2v) is 15.8. The average molecular weight is 792 g/mol. The predicted octanol–water partition coefficient (Wildman–Crippen LogP) is 15.5. The smallest absolute Gasteiger partial charge is 0.231 e. The molecule has 3 heterocycles. The van der Waals surface area contributed by atoms with Crippen molar-refractivity contribution >= 4 is 43.9 Å². The van der Waals surface area contributed by atoms with Crippen molar-refractivity contribution in [2.24, 2.45) is 0 Å². The van der Waals surface area contributed by atoms with Gasteiger partial charge in [0.25, 0.3) is 0 Å². The summed E-state index contributed by atoms with van der Waals surface area (Å²) < 4.78 is 8.78. The first kappa shape index (κ1) is 35.6. The molecule has 290 valence electrons. The minimum Gasteiger partial charge on any atom is -0.438 e. The monoisotopic (exact) mass is 791 g/mol. The van der Waals surface area contributed by atoms with Gasteiger partial charge in [0.05, 0.1) is 22.1 Å². The summed E-state index contributed by atoms with van der Waals surface area (Å²) in [6.45, 7) is 0. The molecule has 0 atom stereocenters. The number of hydrogen-bond donors (Lipinski definition) is 0. The highest BCUT2D eigenvalue weighted by molar-refractivity contribution is 6.17. The first-order valence-corrected chi connectivity index (χ1v) is 21.0. The van der Waals surface area contributed by atoms with E-state index in [4.69, 9.17) is 14.4 Å². The van der Waals surface area contributed by atoms with Gasteiger partial charge in [-0.2, -0.15) is 4.98 Å². The largest absolute Gasteiger partial charge is 0.438 e. The summed E-state index contributed by atoms with van der Waals surface area (Å²) in [6, 6.07) is 79.6. The van der Waals surface area contributed by atoms with Gasteiger partial charge in [-0.15, -0.1) is 0 Å². The first-order chi connectivity index (χ1) is 30.7. The molecule has 0 aliphatic carbocycles. The third-order valence-corrected chi connectivity index (χ3v) is 12.0. The van der Waals surface area contributed by atoms with Crippen LogP contribution in [-0.4, -0.2) is 14.5 Å². The Balaban J connectivity index is 1.01. The Morgan fingerprint density at radius 3 is 1.65 bits per heavy atom. The molecule has 0 aliphatic heterocycles. The molecular weight excluding hydrogens is 755 g/mol. The van der Waals surface area contributed by atoms with E-state index in [9.17, 15) is 0 Å². The van der Waals surface area contributed by atoms with E-state index in [-0.39, 0.29) is 0 Å². The molecule has 0 N–H and O–H groups in total. The fourth-order valence-corrected chi connectivity index (χ4v) is 9.12. The lowest BCUT2D eigenvalue weighted by Crippen LogP contribution is -1.94. The molecule has 4 heteroatoms. The van der Waals surface area contributed by atoms with Crippen LogP contribution in [0.2, 0.25) is 0 Å². The number of fused-ring (bicyclic) bond motifs is 6. The van der Waals surface area contributed by atoms with Crippen LogP contribution in [0.4, 0.5) is 0 Å². The SMILES string of the molecule is c1ccc(-c2cccc(-n3c4ccc(-c5ccccc5)cc4c4c(-c5cccc(-c6cccc(-c7nc(-c8ccccc8)c8c(n7)oc7ccccc78)c6)c5)cccc43)c2)cc1. The number of benzene rings is 9. The summed E-state index contributed by atoms with van der Waals surface area (Å²) in [7, 11) is 0. The summed E-state index contributed by atoms with van der Waals surface area (Å²) >= 11 is 0. The lowest BCUT2D eigenvalue weighted by Gasteiger charge is -2.12. The minimum absolute atomic E-state index is 0.580. The van der Waals surface area contributed by atoms with E-state index < -0.39 is 0 Å². The van der Waals surface area contributed by atoms with E-state index >= 15 is 0 Å². The van der Waals surface area contributed by atoms with Crippen LogP contribution in [-0.2, 0) is 0 Å². The molecule has 0 spiro atoms. The van der Waals surface area contributed by atoms with E-state index in [1.165, 1.54) is 38.6 Å². The Kier molecular flexibility index (Phi) is 8.46. The van der Waals surface area contributed by atoms with E-state index in [1.54, 1.807) is 0 Å². The third kappa shape index (κ3) is 6.08. The standard InChI is InChI=1S/C58H37N3O/c1-4-16-38(17-5-1)43-24-14-27-47(36-43)61-51-33-32-44(39-18-6-2-7-19-39)37-50(51)54-48(29-15-30-52(54)61)45-25-12-22-41(34-45)42-23-13-26-46(35-42)57-59-56(40-20-8-3-9-21-40)55-49-28-10-11-31-53(49)62-58(55)60-57/h1-37H. The Morgan fingerprint density at radius 1 is 0.339 bits per heavy atom. The van der Waals surface area contributed by atoms with Gasteiger partial charge in [0.2, 0.25) is 5.71 Å². The zero-order valence-electron chi connectivity index (χ0n) is 33.6. The molecular formula is C58H37N3O. The van der Waals surface area contributed by atoms with Gasteiger partial charge in [0.1, 0.15) is 5.58 Å². The van der Waals surface area contributed by atoms with Crippen LogP contribution in [0.15, 0.2) is 229 Å². The number of rotatable bonds is 7. The van der Waals surface area contributed by atoms with Crippen LogP contribution < -0.4 is 0 Å². The fraction of sp³-hybridized carbons (Fsp3) is 0. The maximum atomic E-state index is 6.36. The molecule has 9 aromatic carbocycles. The molecule has 3 aromatic heterocycles. The summed E-state index contributed by atoms with van der Waals surface area (Å²) in [4.78, 5) is 10.3. The van der Waals surface area contributed by atoms with Crippen molar-refractivity contribution in [1.29, 1.82) is 0 Å². The Bertz CT molecular complexity index is 3620. The first-order valence-electron chi connectivity index (χ1n) is 21.0. The maximum Gasteiger partial charge on any atom is 0.231 e. The summed E-state index contributed by atoms with van der Waals surface area (Å²) in [6.07, 6.45) is 0. The maximum absolute atomic E-state index is 6.36. The van der Waals surface area contributed by atoms with E-state index in [2.05, 4.69) is 193 Å².